The van der Waals surface area contributed by atoms with E-state index < -0.39 is 0 Å². The standard InChI is InChI=1S/C23H32N6O.HI/c1-3-25-23(28-17(2)18-9-5-4-6-10-18)27-15-19-11-7-13-26-22(19)29-14-8-12-20(16-29)21(24)30;/h4-7,9-11,13,17,20H,3,8,12,14-16H2,1-2H3,(H2,24,30)(H2,25,27,28);1H. The van der Waals surface area contributed by atoms with E-state index in [-0.39, 0.29) is 41.8 Å². The first-order valence-electron chi connectivity index (χ1n) is 10.7. The van der Waals surface area contributed by atoms with Crippen LogP contribution in [0.3, 0.4) is 0 Å². The largest absolute Gasteiger partial charge is 0.369 e. The van der Waals surface area contributed by atoms with Gasteiger partial charge < -0.3 is 21.3 Å². The number of carbonyl (C=O) groups is 1. The minimum Gasteiger partial charge on any atom is -0.369 e. The van der Waals surface area contributed by atoms with E-state index in [0.29, 0.717) is 13.1 Å². The third kappa shape index (κ3) is 7.09. The summed E-state index contributed by atoms with van der Waals surface area (Å²) in [4.78, 5) is 23.2. The van der Waals surface area contributed by atoms with Gasteiger partial charge in [0.1, 0.15) is 5.82 Å². The van der Waals surface area contributed by atoms with Crippen molar-refractivity contribution < 1.29 is 4.79 Å². The molecule has 2 unspecified atom stereocenters. The number of hydrogen-bond acceptors (Lipinski definition) is 4. The van der Waals surface area contributed by atoms with Gasteiger partial charge >= 0.3 is 0 Å². The highest BCUT2D eigenvalue weighted by molar-refractivity contribution is 14.0. The van der Waals surface area contributed by atoms with Crippen LogP contribution >= 0.6 is 24.0 Å². The highest BCUT2D eigenvalue weighted by atomic mass is 127. The van der Waals surface area contributed by atoms with Gasteiger partial charge in [0.25, 0.3) is 0 Å². The number of aromatic nitrogens is 1. The fourth-order valence-electron chi connectivity index (χ4n) is 3.75. The van der Waals surface area contributed by atoms with Gasteiger partial charge in [-0.1, -0.05) is 36.4 Å². The summed E-state index contributed by atoms with van der Waals surface area (Å²) in [7, 11) is 0. The predicted octanol–water partition coefficient (Wildman–Crippen LogP) is 3.22. The van der Waals surface area contributed by atoms with E-state index in [9.17, 15) is 4.79 Å². The van der Waals surface area contributed by atoms with Crippen molar-refractivity contribution in [2.75, 3.05) is 24.5 Å². The molecule has 1 aliphatic rings. The molecule has 31 heavy (non-hydrogen) atoms. The number of carbonyl (C=O) groups excluding carboxylic acids is 1. The van der Waals surface area contributed by atoms with Gasteiger partial charge in [-0.05, 0) is 38.3 Å². The molecule has 1 saturated heterocycles. The maximum absolute atomic E-state index is 11.7. The number of benzene rings is 1. The molecule has 0 aliphatic carbocycles. The molecule has 1 aliphatic heterocycles. The van der Waals surface area contributed by atoms with Gasteiger partial charge in [-0.15, -0.1) is 24.0 Å². The number of nitrogens with one attached hydrogen (secondary N) is 2. The van der Waals surface area contributed by atoms with Crippen molar-refractivity contribution in [1.82, 2.24) is 15.6 Å². The number of primary amides is 1. The van der Waals surface area contributed by atoms with Gasteiger partial charge in [-0.25, -0.2) is 9.98 Å². The number of nitrogens with zero attached hydrogens (tertiary/aromatic N) is 3. The SMILES string of the molecule is CCNC(=NCc1cccnc1N1CCCC(C(N)=O)C1)NC(C)c1ccccc1.I. The van der Waals surface area contributed by atoms with Crippen molar-refractivity contribution in [1.29, 1.82) is 0 Å². The Kier molecular flexibility index (Phi) is 10.0. The van der Waals surface area contributed by atoms with Crippen LogP contribution in [0.5, 0.6) is 0 Å². The normalized spacial score (nSPS) is 17.4. The summed E-state index contributed by atoms with van der Waals surface area (Å²) in [5.74, 6) is 1.29. The molecule has 1 aromatic heterocycles. The summed E-state index contributed by atoms with van der Waals surface area (Å²) in [5, 5.41) is 6.79. The summed E-state index contributed by atoms with van der Waals surface area (Å²) < 4.78 is 0. The zero-order valence-corrected chi connectivity index (χ0v) is 20.6. The molecule has 7 nitrogen and oxygen atoms in total. The summed E-state index contributed by atoms with van der Waals surface area (Å²) in [6.07, 6.45) is 3.57. The number of nitrogens with two attached hydrogens (primary N) is 1. The minimum atomic E-state index is -0.233. The van der Waals surface area contributed by atoms with E-state index >= 15 is 0 Å². The quantitative estimate of drug-likeness (QED) is 0.287. The Balaban J connectivity index is 0.00000341. The van der Waals surface area contributed by atoms with Crippen LogP contribution in [0, 0.1) is 5.92 Å². The van der Waals surface area contributed by atoms with E-state index in [4.69, 9.17) is 10.7 Å². The van der Waals surface area contributed by atoms with Crippen molar-refractivity contribution in [3.05, 3.63) is 59.8 Å². The first kappa shape index (κ1) is 24.9. The molecule has 2 aromatic rings. The molecule has 0 saturated carbocycles. The van der Waals surface area contributed by atoms with Crippen molar-refractivity contribution >= 4 is 41.7 Å². The Morgan fingerprint density at radius 2 is 2.06 bits per heavy atom. The number of guanidine groups is 1. The fraction of sp³-hybridized carbons (Fsp3) is 0.435. The number of rotatable bonds is 7. The molecule has 1 amide bonds. The lowest BCUT2D eigenvalue weighted by Gasteiger charge is -2.33. The third-order valence-corrected chi connectivity index (χ3v) is 5.40. The highest BCUT2D eigenvalue weighted by Crippen LogP contribution is 2.25. The highest BCUT2D eigenvalue weighted by Gasteiger charge is 2.25. The Labute approximate surface area is 201 Å². The average Bonchev–Trinajstić information content (AvgIpc) is 2.78. The fourth-order valence-corrected chi connectivity index (χ4v) is 3.75. The van der Waals surface area contributed by atoms with Crippen molar-refractivity contribution in [3.63, 3.8) is 0 Å². The number of amides is 1. The molecule has 2 heterocycles. The van der Waals surface area contributed by atoms with Crippen LogP contribution < -0.4 is 21.3 Å². The van der Waals surface area contributed by atoms with Crippen LogP contribution in [-0.2, 0) is 11.3 Å². The molecule has 2 atom stereocenters. The molecule has 168 valence electrons. The smallest absolute Gasteiger partial charge is 0.222 e. The Morgan fingerprint density at radius 1 is 1.29 bits per heavy atom. The second-order valence-corrected chi connectivity index (χ2v) is 7.65. The van der Waals surface area contributed by atoms with Gasteiger partial charge in [-0.3, -0.25) is 4.79 Å². The van der Waals surface area contributed by atoms with Crippen LogP contribution in [0.4, 0.5) is 5.82 Å². The van der Waals surface area contributed by atoms with Gasteiger partial charge in [0.15, 0.2) is 5.96 Å². The second-order valence-electron chi connectivity index (χ2n) is 7.65. The number of anilines is 1. The van der Waals surface area contributed by atoms with Crippen LogP contribution in [0.25, 0.3) is 0 Å². The Hall–Kier alpha value is -2.36. The molecule has 0 radical (unpaired) electrons. The van der Waals surface area contributed by atoms with Crippen LogP contribution in [0.15, 0.2) is 53.7 Å². The summed E-state index contributed by atoms with van der Waals surface area (Å²) >= 11 is 0. The first-order chi connectivity index (χ1) is 14.6. The maximum Gasteiger partial charge on any atom is 0.222 e. The monoisotopic (exact) mass is 536 g/mol. The lowest BCUT2D eigenvalue weighted by atomic mass is 9.97. The molecular weight excluding hydrogens is 503 g/mol. The predicted molar refractivity (Wildman–Crippen MR) is 137 cm³/mol. The first-order valence-corrected chi connectivity index (χ1v) is 10.7. The van der Waals surface area contributed by atoms with Crippen molar-refractivity contribution in [2.24, 2.45) is 16.6 Å². The van der Waals surface area contributed by atoms with Gasteiger partial charge in [0, 0.05) is 31.4 Å². The lowest BCUT2D eigenvalue weighted by molar-refractivity contribution is -0.122. The summed E-state index contributed by atoms with van der Waals surface area (Å²) in [6.45, 7) is 6.94. The Bertz CT molecular complexity index is 860. The topological polar surface area (TPSA) is 95.6 Å². The molecule has 0 bridgehead atoms. The minimum absolute atomic E-state index is 0. The molecule has 1 aromatic carbocycles. The molecule has 1 fully saturated rings. The van der Waals surface area contributed by atoms with E-state index in [0.717, 1.165) is 43.3 Å². The number of piperidine rings is 1. The lowest BCUT2D eigenvalue weighted by Crippen LogP contribution is -2.42. The van der Waals surface area contributed by atoms with Gasteiger partial charge in [0.05, 0.1) is 18.5 Å². The number of pyridine rings is 1. The van der Waals surface area contributed by atoms with Crippen molar-refractivity contribution in [2.45, 2.75) is 39.3 Å². The average molecular weight is 536 g/mol. The zero-order valence-electron chi connectivity index (χ0n) is 18.3. The molecular formula is C23H33IN6O. The zero-order chi connectivity index (χ0) is 21.3. The summed E-state index contributed by atoms with van der Waals surface area (Å²) in [6, 6.07) is 14.4. The van der Waals surface area contributed by atoms with E-state index in [1.165, 1.54) is 5.56 Å². The van der Waals surface area contributed by atoms with Crippen LogP contribution in [-0.4, -0.2) is 36.5 Å². The van der Waals surface area contributed by atoms with E-state index in [1.54, 1.807) is 6.20 Å². The number of aliphatic imine (C=N–C) groups is 1. The van der Waals surface area contributed by atoms with Gasteiger partial charge in [-0.2, -0.15) is 0 Å². The van der Waals surface area contributed by atoms with Crippen molar-refractivity contribution in [3.8, 4) is 0 Å². The molecule has 0 spiro atoms. The molecule has 8 heteroatoms. The van der Waals surface area contributed by atoms with E-state index in [2.05, 4.69) is 46.5 Å². The maximum atomic E-state index is 11.7. The molecule has 3 rings (SSSR count). The number of halogens is 1. The summed E-state index contributed by atoms with van der Waals surface area (Å²) in [5.41, 5.74) is 7.79. The Morgan fingerprint density at radius 3 is 2.77 bits per heavy atom. The van der Waals surface area contributed by atoms with E-state index in [1.807, 2.05) is 30.3 Å². The van der Waals surface area contributed by atoms with Gasteiger partial charge in [0.2, 0.25) is 5.91 Å². The molecule has 4 N–H and O–H groups in total. The second kappa shape index (κ2) is 12.5. The van der Waals surface area contributed by atoms with Crippen LogP contribution in [0.2, 0.25) is 0 Å². The third-order valence-electron chi connectivity index (χ3n) is 5.40. The number of hydrogen-bond donors (Lipinski definition) is 3. The van der Waals surface area contributed by atoms with Crippen LogP contribution in [0.1, 0.15) is 43.9 Å².